The first-order chi connectivity index (χ1) is 10.4. The topological polar surface area (TPSA) is 41.6 Å². The van der Waals surface area contributed by atoms with Crippen LogP contribution in [0, 0.1) is 17.8 Å². The average molecular weight is 329 g/mol. The largest absolute Gasteiger partial charge is 0.444 e. The van der Waals surface area contributed by atoms with Crippen molar-refractivity contribution in [1.29, 1.82) is 0 Å². The fourth-order valence-electron chi connectivity index (χ4n) is 2.72. The Morgan fingerprint density at radius 2 is 1.52 bits per heavy atom. The quantitative estimate of drug-likeness (QED) is 0.675. The zero-order valence-corrected chi connectivity index (χ0v) is 16.9. The van der Waals surface area contributed by atoms with Gasteiger partial charge in [-0.2, -0.15) is 0 Å². The maximum Gasteiger partial charge on any atom is 0.410 e. The number of carbonyl (C=O) groups is 1. The van der Waals surface area contributed by atoms with E-state index in [1.54, 1.807) is 4.90 Å². The predicted molar refractivity (Wildman–Crippen MR) is 98.7 cm³/mol. The van der Waals surface area contributed by atoms with Crippen LogP contribution in [0.15, 0.2) is 0 Å². The third-order valence-electron chi connectivity index (χ3n) is 3.56. The smallest absolute Gasteiger partial charge is 0.410 e. The zero-order valence-electron chi connectivity index (χ0n) is 16.9. The van der Waals surface area contributed by atoms with Crippen LogP contribution in [0.25, 0.3) is 0 Å². The molecule has 23 heavy (non-hydrogen) atoms. The first kappa shape index (κ1) is 22.2. The Kier molecular flexibility index (Phi) is 9.83. The molecular weight excluding hydrogens is 288 g/mol. The molecular formula is C19H40N2O2. The van der Waals surface area contributed by atoms with Crippen LogP contribution >= 0.6 is 0 Å². The minimum atomic E-state index is -0.438. The molecule has 4 heteroatoms. The van der Waals surface area contributed by atoms with E-state index in [0.717, 1.165) is 6.54 Å². The van der Waals surface area contributed by atoms with Gasteiger partial charge >= 0.3 is 6.09 Å². The SMILES string of the molecule is CC(C)CC(CC(C)C)NCC(C)CN(C)C(=O)OC(C)(C)C. The molecule has 0 bridgehead atoms. The van der Waals surface area contributed by atoms with Crippen molar-refractivity contribution in [3.8, 4) is 0 Å². The van der Waals surface area contributed by atoms with Gasteiger partial charge < -0.3 is 15.0 Å². The summed E-state index contributed by atoms with van der Waals surface area (Å²) in [7, 11) is 1.81. The lowest BCUT2D eigenvalue weighted by Gasteiger charge is -2.28. The summed E-state index contributed by atoms with van der Waals surface area (Å²) in [5, 5.41) is 3.70. The second-order valence-electron chi connectivity index (χ2n) is 8.83. The predicted octanol–water partition coefficient (Wildman–Crippen LogP) is 4.54. The molecule has 0 saturated heterocycles. The molecule has 0 aliphatic rings. The number of ether oxygens (including phenoxy) is 1. The van der Waals surface area contributed by atoms with Crippen LogP contribution in [0.5, 0.6) is 0 Å². The maximum absolute atomic E-state index is 12.0. The van der Waals surface area contributed by atoms with Gasteiger partial charge in [-0.15, -0.1) is 0 Å². The maximum atomic E-state index is 12.0. The van der Waals surface area contributed by atoms with Crippen molar-refractivity contribution in [2.45, 2.75) is 79.9 Å². The number of rotatable bonds is 9. The first-order valence-corrected chi connectivity index (χ1v) is 9.08. The Morgan fingerprint density at radius 1 is 1.04 bits per heavy atom. The van der Waals surface area contributed by atoms with Gasteiger partial charge in [0.05, 0.1) is 0 Å². The molecule has 0 fully saturated rings. The van der Waals surface area contributed by atoms with E-state index < -0.39 is 5.60 Å². The molecule has 0 aromatic rings. The summed E-state index contributed by atoms with van der Waals surface area (Å²) in [6.45, 7) is 18.6. The van der Waals surface area contributed by atoms with E-state index in [0.29, 0.717) is 30.3 Å². The Morgan fingerprint density at radius 3 is 1.91 bits per heavy atom. The summed E-state index contributed by atoms with van der Waals surface area (Å²) in [6, 6.07) is 0.560. The summed E-state index contributed by atoms with van der Waals surface area (Å²) in [5.41, 5.74) is -0.438. The highest BCUT2D eigenvalue weighted by atomic mass is 16.6. The fraction of sp³-hybridized carbons (Fsp3) is 0.947. The molecule has 0 aromatic heterocycles. The molecule has 0 radical (unpaired) electrons. The summed E-state index contributed by atoms with van der Waals surface area (Å²) in [5.74, 6) is 1.80. The van der Waals surface area contributed by atoms with Gasteiger partial charge in [-0.25, -0.2) is 4.79 Å². The number of carbonyl (C=O) groups excluding carboxylic acids is 1. The Bertz CT molecular complexity index is 325. The minimum Gasteiger partial charge on any atom is -0.444 e. The first-order valence-electron chi connectivity index (χ1n) is 9.08. The molecule has 0 aliphatic carbocycles. The number of hydrogen-bond acceptors (Lipinski definition) is 3. The zero-order chi connectivity index (χ0) is 18.2. The van der Waals surface area contributed by atoms with Gasteiger partial charge in [0.2, 0.25) is 0 Å². The Hall–Kier alpha value is -0.770. The normalized spacial score (nSPS) is 13.7. The summed E-state index contributed by atoms with van der Waals surface area (Å²) in [6.07, 6.45) is 2.16. The van der Waals surface area contributed by atoms with Gasteiger partial charge in [0.1, 0.15) is 5.60 Å². The third kappa shape index (κ3) is 12.3. The molecule has 0 heterocycles. The number of nitrogens with one attached hydrogen (secondary N) is 1. The molecule has 1 unspecified atom stereocenters. The lowest BCUT2D eigenvalue weighted by molar-refractivity contribution is 0.0276. The molecule has 0 saturated carbocycles. The van der Waals surface area contributed by atoms with Crippen molar-refractivity contribution in [1.82, 2.24) is 10.2 Å². The van der Waals surface area contributed by atoms with E-state index in [-0.39, 0.29) is 6.09 Å². The van der Waals surface area contributed by atoms with Gasteiger partial charge in [0, 0.05) is 19.6 Å². The van der Waals surface area contributed by atoms with Crippen molar-refractivity contribution in [2.24, 2.45) is 17.8 Å². The van der Waals surface area contributed by atoms with E-state index in [1.807, 2.05) is 27.8 Å². The number of hydrogen-bond donors (Lipinski definition) is 1. The third-order valence-corrected chi connectivity index (χ3v) is 3.56. The van der Waals surface area contributed by atoms with E-state index >= 15 is 0 Å². The van der Waals surface area contributed by atoms with Gasteiger partial charge in [-0.05, 0) is 57.9 Å². The van der Waals surface area contributed by atoms with Gasteiger partial charge in [-0.1, -0.05) is 34.6 Å². The van der Waals surface area contributed by atoms with Gasteiger partial charge in [-0.3, -0.25) is 0 Å². The Balaban J connectivity index is 4.29. The van der Waals surface area contributed by atoms with Crippen LogP contribution in [0.4, 0.5) is 4.79 Å². The van der Waals surface area contributed by atoms with Gasteiger partial charge in [0.25, 0.3) is 0 Å². The fourth-order valence-corrected chi connectivity index (χ4v) is 2.72. The van der Waals surface area contributed by atoms with Crippen LogP contribution in [-0.2, 0) is 4.74 Å². The second-order valence-corrected chi connectivity index (χ2v) is 8.83. The number of nitrogens with zero attached hydrogens (tertiary/aromatic N) is 1. The minimum absolute atomic E-state index is 0.245. The molecule has 138 valence electrons. The molecule has 4 nitrogen and oxygen atoms in total. The van der Waals surface area contributed by atoms with Crippen molar-refractivity contribution < 1.29 is 9.53 Å². The Labute approximate surface area is 144 Å². The monoisotopic (exact) mass is 328 g/mol. The average Bonchev–Trinajstić information content (AvgIpc) is 2.32. The van der Waals surface area contributed by atoms with E-state index in [4.69, 9.17) is 4.74 Å². The van der Waals surface area contributed by atoms with Crippen molar-refractivity contribution >= 4 is 6.09 Å². The highest BCUT2D eigenvalue weighted by Gasteiger charge is 2.21. The van der Waals surface area contributed by atoms with Crippen LogP contribution < -0.4 is 5.32 Å². The van der Waals surface area contributed by atoms with Crippen LogP contribution in [-0.4, -0.2) is 42.8 Å². The van der Waals surface area contributed by atoms with Gasteiger partial charge in [0.15, 0.2) is 0 Å². The van der Waals surface area contributed by atoms with Crippen LogP contribution in [0.3, 0.4) is 0 Å². The number of amides is 1. The highest BCUT2D eigenvalue weighted by Crippen LogP contribution is 2.14. The lowest BCUT2D eigenvalue weighted by atomic mass is 9.95. The molecule has 0 aromatic carbocycles. The standard InChI is InChI=1S/C19H40N2O2/c1-14(2)10-17(11-15(3)4)20-12-16(5)13-21(9)18(22)23-19(6,7)8/h14-17,20H,10-13H2,1-9H3. The molecule has 0 spiro atoms. The molecule has 0 rings (SSSR count). The lowest BCUT2D eigenvalue weighted by Crippen LogP contribution is -2.41. The summed E-state index contributed by atoms with van der Waals surface area (Å²) >= 11 is 0. The highest BCUT2D eigenvalue weighted by molar-refractivity contribution is 5.67. The molecule has 1 N–H and O–H groups in total. The molecule has 1 amide bonds. The second kappa shape index (κ2) is 10.2. The molecule has 1 atom stereocenters. The van der Waals surface area contributed by atoms with Crippen LogP contribution in [0.1, 0.15) is 68.2 Å². The van der Waals surface area contributed by atoms with E-state index in [9.17, 15) is 4.79 Å². The molecule has 0 aliphatic heterocycles. The van der Waals surface area contributed by atoms with Crippen molar-refractivity contribution in [3.63, 3.8) is 0 Å². The van der Waals surface area contributed by atoms with Crippen molar-refractivity contribution in [2.75, 3.05) is 20.1 Å². The summed E-state index contributed by atoms with van der Waals surface area (Å²) < 4.78 is 5.40. The summed E-state index contributed by atoms with van der Waals surface area (Å²) in [4.78, 5) is 13.7. The van der Waals surface area contributed by atoms with Crippen LogP contribution in [0.2, 0.25) is 0 Å². The van der Waals surface area contributed by atoms with E-state index in [1.165, 1.54) is 12.8 Å². The van der Waals surface area contributed by atoms with Crippen molar-refractivity contribution in [3.05, 3.63) is 0 Å². The van der Waals surface area contributed by atoms with E-state index in [2.05, 4.69) is 39.9 Å².